The van der Waals surface area contributed by atoms with Gasteiger partial charge >= 0.3 is 0 Å². The van der Waals surface area contributed by atoms with Gasteiger partial charge in [-0.3, -0.25) is 0 Å². The maximum atomic E-state index is 9.08. The first-order valence-corrected chi connectivity index (χ1v) is 3.57. The van der Waals surface area contributed by atoms with Crippen molar-refractivity contribution >= 4 is 0 Å². The molecular weight excluding hydrogens is 124 g/mol. The number of hydrogen-bond donors (Lipinski definition) is 1. The van der Waals surface area contributed by atoms with Gasteiger partial charge < -0.3 is 5.11 Å². The summed E-state index contributed by atoms with van der Waals surface area (Å²) in [4.78, 5) is 0. The maximum absolute atomic E-state index is 9.08. The lowest BCUT2D eigenvalue weighted by Gasteiger charge is -2.00. The fourth-order valence-corrected chi connectivity index (χ4v) is 0.639. The smallest absolute Gasteiger partial charge is 0.0683 e. The first kappa shape index (κ1) is 9.26. The lowest BCUT2D eigenvalue weighted by atomic mass is 10.2. The van der Waals surface area contributed by atoms with E-state index < -0.39 is 0 Å². The van der Waals surface area contributed by atoms with Crippen LogP contribution in [0.2, 0.25) is 0 Å². The molecule has 1 N–H and O–H groups in total. The molecule has 0 aliphatic carbocycles. The lowest BCUT2D eigenvalue weighted by Crippen LogP contribution is -2.02. The maximum Gasteiger partial charge on any atom is 0.0683 e. The number of terminal acetylenes is 1. The van der Waals surface area contributed by atoms with E-state index >= 15 is 0 Å². The van der Waals surface area contributed by atoms with Crippen molar-refractivity contribution in [2.24, 2.45) is 0 Å². The monoisotopic (exact) mass is 138 g/mol. The largest absolute Gasteiger partial charge is 0.392 e. The third-order valence-electron chi connectivity index (χ3n) is 1.16. The Morgan fingerprint density at radius 2 is 2.30 bits per heavy atom. The van der Waals surface area contributed by atoms with Crippen LogP contribution in [-0.4, -0.2) is 11.2 Å². The Kier molecular flexibility index (Phi) is 5.91. The highest BCUT2D eigenvalue weighted by Gasteiger charge is 1.95. The molecule has 1 heteroatoms. The van der Waals surface area contributed by atoms with E-state index in [1.165, 1.54) is 0 Å². The van der Waals surface area contributed by atoms with E-state index in [2.05, 4.69) is 12.8 Å². The Labute approximate surface area is 62.8 Å². The van der Waals surface area contributed by atoms with Crippen molar-refractivity contribution in [3.8, 4) is 12.3 Å². The van der Waals surface area contributed by atoms with Gasteiger partial charge in [0.2, 0.25) is 0 Å². The zero-order valence-corrected chi connectivity index (χ0v) is 6.38. The summed E-state index contributed by atoms with van der Waals surface area (Å²) < 4.78 is 0. The summed E-state index contributed by atoms with van der Waals surface area (Å²) in [6.07, 6.45) is 10.8. The summed E-state index contributed by atoms with van der Waals surface area (Å²) in [5.74, 6) is 2.41. The van der Waals surface area contributed by atoms with Gasteiger partial charge in [-0.05, 0) is 12.8 Å². The van der Waals surface area contributed by atoms with Gasteiger partial charge in [0.05, 0.1) is 6.10 Å². The summed E-state index contributed by atoms with van der Waals surface area (Å²) in [6.45, 7) is 2.06. The molecule has 10 heavy (non-hydrogen) atoms. The molecule has 0 heterocycles. The fourth-order valence-electron chi connectivity index (χ4n) is 0.639. The second-order valence-corrected chi connectivity index (χ2v) is 2.18. The molecule has 0 amide bonds. The fraction of sp³-hybridized carbons (Fsp3) is 0.556. The molecule has 1 nitrogen and oxygen atoms in total. The molecule has 0 aromatic carbocycles. The van der Waals surface area contributed by atoms with Crippen LogP contribution in [0.4, 0.5) is 0 Å². The summed E-state index contributed by atoms with van der Waals surface area (Å²) in [7, 11) is 0. The minimum absolute atomic E-state index is 0.354. The van der Waals surface area contributed by atoms with Crippen LogP contribution >= 0.6 is 0 Å². The van der Waals surface area contributed by atoms with Gasteiger partial charge in [0, 0.05) is 6.42 Å². The van der Waals surface area contributed by atoms with Gasteiger partial charge in [-0.2, -0.15) is 0 Å². The summed E-state index contributed by atoms with van der Waals surface area (Å²) in [5, 5.41) is 9.08. The molecule has 0 radical (unpaired) electrons. The topological polar surface area (TPSA) is 20.2 Å². The predicted molar refractivity (Wildman–Crippen MR) is 43.5 cm³/mol. The van der Waals surface area contributed by atoms with Gasteiger partial charge in [-0.25, -0.2) is 0 Å². The van der Waals surface area contributed by atoms with Crippen molar-refractivity contribution in [2.45, 2.75) is 32.3 Å². The normalized spacial score (nSPS) is 13.3. The predicted octanol–water partition coefficient (Wildman–Crippen LogP) is 1.73. The summed E-state index contributed by atoms with van der Waals surface area (Å²) >= 11 is 0. The third-order valence-corrected chi connectivity index (χ3v) is 1.16. The average molecular weight is 138 g/mol. The Hall–Kier alpha value is -0.740. The van der Waals surface area contributed by atoms with Crippen molar-refractivity contribution in [1.29, 1.82) is 0 Å². The molecule has 0 saturated carbocycles. The minimum atomic E-state index is -0.354. The number of allylic oxidation sites excluding steroid dienone is 1. The molecule has 0 aromatic rings. The van der Waals surface area contributed by atoms with Crippen molar-refractivity contribution in [3.05, 3.63) is 12.2 Å². The zero-order valence-electron chi connectivity index (χ0n) is 6.38. The van der Waals surface area contributed by atoms with E-state index in [-0.39, 0.29) is 6.10 Å². The first-order valence-electron chi connectivity index (χ1n) is 3.57. The second-order valence-electron chi connectivity index (χ2n) is 2.18. The van der Waals surface area contributed by atoms with E-state index in [9.17, 15) is 0 Å². The molecule has 1 unspecified atom stereocenters. The van der Waals surface area contributed by atoms with Gasteiger partial charge in [-0.1, -0.05) is 19.1 Å². The van der Waals surface area contributed by atoms with Crippen LogP contribution in [0.1, 0.15) is 26.2 Å². The Morgan fingerprint density at radius 3 is 2.80 bits per heavy atom. The first-order chi connectivity index (χ1) is 4.81. The van der Waals surface area contributed by atoms with Gasteiger partial charge in [0.25, 0.3) is 0 Å². The summed E-state index contributed by atoms with van der Waals surface area (Å²) in [6, 6.07) is 0. The standard InChI is InChI=1S/C9H14O/c1-3-5-6-8-9(10)7-4-2/h2,5-6,9-10H,3,7-8H2,1H3/b6-5-. The molecule has 0 aliphatic heterocycles. The van der Waals surface area contributed by atoms with E-state index in [4.69, 9.17) is 11.5 Å². The van der Waals surface area contributed by atoms with Crippen LogP contribution in [0.15, 0.2) is 12.2 Å². The van der Waals surface area contributed by atoms with Crippen molar-refractivity contribution < 1.29 is 5.11 Å². The molecule has 0 aliphatic rings. The third kappa shape index (κ3) is 5.40. The Morgan fingerprint density at radius 1 is 1.60 bits per heavy atom. The van der Waals surface area contributed by atoms with Gasteiger partial charge in [-0.15, -0.1) is 12.3 Å². The second kappa shape index (κ2) is 6.38. The quantitative estimate of drug-likeness (QED) is 0.463. The highest BCUT2D eigenvalue weighted by Crippen LogP contribution is 1.97. The van der Waals surface area contributed by atoms with Crippen LogP contribution in [0.3, 0.4) is 0 Å². The van der Waals surface area contributed by atoms with E-state index in [1.807, 2.05) is 12.2 Å². The molecule has 1 atom stereocenters. The SMILES string of the molecule is C#CCC(O)C/C=C\CC. The molecule has 0 spiro atoms. The Balaban J connectivity index is 3.31. The van der Waals surface area contributed by atoms with E-state index in [0.29, 0.717) is 12.8 Å². The average Bonchev–Trinajstić information content (AvgIpc) is 1.89. The number of aliphatic hydroxyl groups is 1. The molecule has 0 aromatic heterocycles. The number of hydrogen-bond acceptors (Lipinski definition) is 1. The van der Waals surface area contributed by atoms with E-state index in [0.717, 1.165) is 6.42 Å². The molecule has 0 saturated heterocycles. The Bertz CT molecular complexity index is 130. The molecule has 0 rings (SSSR count). The molecule has 56 valence electrons. The van der Waals surface area contributed by atoms with Gasteiger partial charge in [0.15, 0.2) is 0 Å². The van der Waals surface area contributed by atoms with Crippen LogP contribution < -0.4 is 0 Å². The summed E-state index contributed by atoms with van der Waals surface area (Å²) in [5.41, 5.74) is 0. The number of aliphatic hydroxyl groups excluding tert-OH is 1. The zero-order chi connectivity index (χ0) is 7.82. The van der Waals surface area contributed by atoms with Crippen LogP contribution in [-0.2, 0) is 0 Å². The van der Waals surface area contributed by atoms with Crippen molar-refractivity contribution in [1.82, 2.24) is 0 Å². The highest BCUT2D eigenvalue weighted by atomic mass is 16.3. The van der Waals surface area contributed by atoms with Crippen molar-refractivity contribution in [3.63, 3.8) is 0 Å². The molecule has 0 bridgehead atoms. The lowest BCUT2D eigenvalue weighted by molar-refractivity contribution is 0.183. The molecule has 0 fully saturated rings. The number of rotatable bonds is 4. The van der Waals surface area contributed by atoms with Crippen molar-refractivity contribution in [2.75, 3.05) is 0 Å². The van der Waals surface area contributed by atoms with Crippen LogP contribution in [0.25, 0.3) is 0 Å². The van der Waals surface area contributed by atoms with Crippen LogP contribution in [0, 0.1) is 12.3 Å². The van der Waals surface area contributed by atoms with E-state index in [1.54, 1.807) is 0 Å². The van der Waals surface area contributed by atoms with Gasteiger partial charge in [0.1, 0.15) is 0 Å². The molecular formula is C9H14O. The minimum Gasteiger partial charge on any atom is -0.392 e. The highest BCUT2D eigenvalue weighted by molar-refractivity contribution is 4.91. The van der Waals surface area contributed by atoms with Crippen LogP contribution in [0.5, 0.6) is 0 Å².